The van der Waals surface area contributed by atoms with E-state index in [-0.39, 0.29) is 28.6 Å². The quantitative estimate of drug-likeness (QED) is 0.583. The van der Waals surface area contributed by atoms with Gasteiger partial charge in [0.25, 0.3) is 5.82 Å². The Balaban J connectivity index is 1.69. The van der Waals surface area contributed by atoms with Crippen LogP contribution in [0, 0.1) is 12.0 Å². The fourth-order valence-electron chi connectivity index (χ4n) is 4.41. The van der Waals surface area contributed by atoms with Gasteiger partial charge in [0.2, 0.25) is 5.82 Å². The van der Waals surface area contributed by atoms with Crippen LogP contribution in [0.1, 0.15) is 67.7 Å². The number of carbonyl (C=O) groups excluding carboxylic acids is 1. The fraction of sp³-hybridized carbons (Fsp3) is 0.458. The smallest absolute Gasteiger partial charge is 0.314 e. The second-order valence-corrected chi connectivity index (χ2v) is 12.2. The van der Waals surface area contributed by atoms with Crippen LogP contribution >= 0.6 is 0 Å². The molecule has 1 aromatic carbocycles. The van der Waals surface area contributed by atoms with Gasteiger partial charge in [-0.15, -0.1) is 0 Å². The lowest BCUT2D eigenvalue weighted by Crippen LogP contribution is -2.44. The number of hydrogen-bond donors (Lipinski definition) is 3. The van der Waals surface area contributed by atoms with E-state index in [1.54, 1.807) is 0 Å². The minimum absolute atomic E-state index is 0.0718. The highest BCUT2D eigenvalue weighted by molar-refractivity contribution is 7.91. The van der Waals surface area contributed by atoms with Crippen molar-refractivity contribution in [1.29, 1.82) is 0 Å². The number of anilines is 1. The van der Waals surface area contributed by atoms with E-state index < -0.39 is 21.3 Å². The Bertz CT molecular complexity index is 1250. The zero-order chi connectivity index (χ0) is 23.9. The van der Waals surface area contributed by atoms with Crippen molar-refractivity contribution in [3.05, 3.63) is 58.8 Å². The van der Waals surface area contributed by atoms with Crippen molar-refractivity contribution in [3.8, 4) is 0 Å². The van der Waals surface area contributed by atoms with E-state index in [4.69, 9.17) is 12.3 Å². The predicted octanol–water partition coefficient (Wildman–Crippen LogP) is 4.17. The van der Waals surface area contributed by atoms with Gasteiger partial charge < -0.3 is 15.9 Å². The highest BCUT2D eigenvalue weighted by Gasteiger charge is 2.36. The Morgan fingerprint density at radius 1 is 1.24 bits per heavy atom. The maximum absolute atomic E-state index is 12.8. The summed E-state index contributed by atoms with van der Waals surface area (Å²) in [6.07, 6.45) is 7.11. The molecule has 1 aliphatic heterocycles. The third-order valence-corrected chi connectivity index (χ3v) is 8.43. The molecule has 2 heterocycles. The van der Waals surface area contributed by atoms with E-state index >= 15 is 0 Å². The van der Waals surface area contributed by atoms with E-state index in [2.05, 4.69) is 40.1 Å². The highest BCUT2D eigenvalue weighted by Crippen LogP contribution is 2.42. The van der Waals surface area contributed by atoms with Crippen LogP contribution in [0.4, 0.5) is 11.5 Å². The molecule has 2 aromatic rings. The number of hydrogen-bond acceptors (Lipinski definition) is 5. The lowest BCUT2D eigenvalue weighted by Gasteiger charge is -2.35. The molecule has 0 bridgehead atoms. The van der Waals surface area contributed by atoms with Crippen LogP contribution in [-0.2, 0) is 15.4 Å². The van der Waals surface area contributed by atoms with Gasteiger partial charge in [0.15, 0.2) is 0 Å². The summed E-state index contributed by atoms with van der Waals surface area (Å²) in [7, 11) is -3.04. The number of benzene rings is 1. The third kappa shape index (κ3) is 5.02. The molecule has 0 spiro atoms. The van der Waals surface area contributed by atoms with Crippen LogP contribution < -0.4 is 11.1 Å². The summed E-state index contributed by atoms with van der Waals surface area (Å²) in [4.78, 5) is 22.7. The average Bonchev–Trinajstić information content (AvgIpc) is 3.26. The number of carbonyl (C=O) groups is 1. The maximum atomic E-state index is 12.8. The number of amides is 1. The first-order valence-corrected chi connectivity index (χ1v) is 12.9. The molecule has 0 saturated carbocycles. The minimum atomic E-state index is -3.04. The Kier molecular flexibility index (Phi) is 5.93. The molecule has 1 amide bonds. The van der Waals surface area contributed by atoms with Crippen LogP contribution in [0.3, 0.4) is 0 Å². The Morgan fingerprint density at radius 3 is 2.58 bits per heavy atom. The molecule has 1 saturated heterocycles. The molecule has 4 N–H and O–H groups in total. The summed E-state index contributed by atoms with van der Waals surface area (Å²) in [5.41, 5.74) is 9.75. The molecule has 1 aliphatic carbocycles. The van der Waals surface area contributed by atoms with Gasteiger partial charge in [-0.2, -0.15) is 0 Å². The van der Waals surface area contributed by atoms with E-state index in [0.717, 1.165) is 36.0 Å². The minimum Gasteiger partial charge on any atom is -0.363 e. The highest BCUT2D eigenvalue weighted by atomic mass is 32.2. The van der Waals surface area contributed by atoms with Crippen molar-refractivity contribution >= 4 is 32.8 Å². The van der Waals surface area contributed by atoms with E-state index in [9.17, 15) is 13.2 Å². The molecule has 2 aliphatic rings. The SMILES string of the molecule is [C-]#[N+]c1cnc(C(=O)Nc2ccc(C3(N)CCS(=O)(=O)CC3)cc2C2=CCC(C)(C)CC2)[nH]1. The molecule has 0 atom stereocenters. The molecule has 174 valence electrons. The van der Waals surface area contributed by atoms with Gasteiger partial charge in [-0.25, -0.2) is 13.4 Å². The standard InChI is InChI=1S/C24H29N5O3S/c1-23(2)8-6-16(7-9-23)18-14-17(24(25)10-12-33(31,32)13-11-24)4-5-19(18)28-22(30)21-27-15-20(26-3)29-21/h4-6,14-15H,7-13,25H2,1-2H3,(H,27,29)(H,28,30). The number of allylic oxidation sites excluding steroid dienone is 2. The van der Waals surface area contributed by atoms with Gasteiger partial charge in [-0.1, -0.05) is 32.6 Å². The van der Waals surface area contributed by atoms with Crippen molar-refractivity contribution < 1.29 is 13.2 Å². The number of nitrogens with two attached hydrogens (primary N) is 1. The first kappa shape index (κ1) is 23.2. The summed E-state index contributed by atoms with van der Waals surface area (Å²) >= 11 is 0. The summed E-state index contributed by atoms with van der Waals surface area (Å²) in [6, 6.07) is 5.71. The molecular weight excluding hydrogens is 438 g/mol. The van der Waals surface area contributed by atoms with Gasteiger partial charge in [0, 0.05) is 16.8 Å². The van der Waals surface area contributed by atoms with E-state index in [1.807, 2.05) is 18.2 Å². The molecule has 0 radical (unpaired) electrons. The average molecular weight is 468 g/mol. The van der Waals surface area contributed by atoms with Crippen LogP contribution in [0.15, 0.2) is 30.5 Å². The molecule has 9 heteroatoms. The number of aromatic nitrogens is 2. The zero-order valence-corrected chi connectivity index (χ0v) is 19.8. The Hall–Kier alpha value is -2.96. The molecule has 1 aromatic heterocycles. The van der Waals surface area contributed by atoms with Gasteiger partial charge >= 0.3 is 5.91 Å². The number of nitrogens with zero attached hydrogens (tertiary/aromatic N) is 2. The molecule has 0 unspecified atom stereocenters. The number of aromatic amines is 1. The lowest BCUT2D eigenvalue weighted by atomic mass is 9.76. The van der Waals surface area contributed by atoms with Gasteiger partial charge in [0.1, 0.15) is 9.84 Å². The summed E-state index contributed by atoms with van der Waals surface area (Å²) < 4.78 is 23.9. The third-order valence-electron chi connectivity index (χ3n) is 6.78. The topological polar surface area (TPSA) is 122 Å². The van der Waals surface area contributed by atoms with Crippen molar-refractivity contribution in [2.45, 2.75) is 51.5 Å². The molecule has 8 nitrogen and oxygen atoms in total. The van der Waals surface area contributed by atoms with Gasteiger partial charge in [0.05, 0.1) is 17.7 Å². The van der Waals surface area contributed by atoms with Crippen LogP contribution in [0.2, 0.25) is 0 Å². The van der Waals surface area contributed by atoms with Crippen LogP contribution in [0.25, 0.3) is 10.4 Å². The van der Waals surface area contributed by atoms with Gasteiger partial charge in [-0.3, -0.25) is 9.78 Å². The Labute approximate surface area is 194 Å². The Morgan fingerprint density at radius 2 is 1.97 bits per heavy atom. The second-order valence-electron chi connectivity index (χ2n) is 9.85. The van der Waals surface area contributed by atoms with Crippen molar-refractivity contribution in [2.75, 3.05) is 16.8 Å². The number of H-pyrrole nitrogens is 1. The fourth-order valence-corrected chi connectivity index (χ4v) is 5.96. The predicted molar refractivity (Wildman–Crippen MR) is 129 cm³/mol. The summed E-state index contributed by atoms with van der Waals surface area (Å²) in [6.45, 7) is 11.5. The molecular formula is C24H29N5O3S. The largest absolute Gasteiger partial charge is 0.363 e. The van der Waals surface area contributed by atoms with E-state index in [1.165, 1.54) is 6.20 Å². The second kappa shape index (κ2) is 8.43. The van der Waals surface area contributed by atoms with Crippen molar-refractivity contribution in [2.24, 2.45) is 11.1 Å². The lowest BCUT2D eigenvalue weighted by molar-refractivity contribution is 0.101. The summed E-state index contributed by atoms with van der Waals surface area (Å²) in [5.74, 6) is 0.00121. The van der Waals surface area contributed by atoms with Crippen LogP contribution in [0.5, 0.6) is 0 Å². The van der Waals surface area contributed by atoms with Crippen molar-refractivity contribution in [3.63, 3.8) is 0 Å². The first-order chi connectivity index (χ1) is 15.5. The van der Waals surface area contributed by atoms with Crippen molar-refractivity contribution in [1.82, 2.24) is 9.97 Å². The number of sulfone groups is 1. The normalized spacial score (nSPS) is 21.0. The maximum Gasteiger partial charge on any atom is 0.314 e. The first-order valence-electron chi connectivity index (χ1n) is 11.1. The number of imidazole rings is 1. The number of rotatable bonds is 4. The molecule has 33 heavy (non-hydrogen) atoms. The zero-order valence-electron chi connectivity index (χ0n) is 18.9. The number of nitrogens with one attached hydrogen (secondary N) is 2. The van der Waals surface area contributed by atoms with Gasteiger partial charge in [-0.05, 0) is 60.8 Å². The van der Waals surface area contributed by atoms with E-state index in [0.29, 0.717) is 18.5 Å². The molecule has 4 rings (SSSR count). The monoisotopic (exact) mass is 467 g/mol. The summed E-state index contributed by atoms with van der Waals surface area (Å²) in [5, 5.41) is 2.92. The molecule has 1 fully saturated rings. The van der Waals surface area contributed by atoms with Crippen LogP contribution in [-0.4, -0.2) is 35.8 Å².